The summed E-state index contributed by atoms with van der Waals surface area (Å²) < 4.78 is 18.3. The number of rotatable bonds is 4. The van der Waals surface area contributed by atoms with Crippen LogP contribution in [0.1, 0.15) is 23.5 Å². The largest absolute Gasteiger partial charge is 0.494 e. The lowest BCUT2D eigenvalue weighted by Gasteiger charge is -2.14. The first kappa shape index (κ1) is 12.8. The molecule has 96 valence electrons. The van der Waals surface area contributed by atoms with Gasteiger partial charge in [0.15, 0.2) is 11.6 Å². The zero-order valence-electron chi connectivity index (χ0n) is 10.4. The minimum absolute atomic E-state index is 0.00634. The molecule has 0 bridgehead atoms. The smallest absolute Gasteiger partial charge is 0.206 e. The van der Waals surface area contributed by atoms with Crippen molar-refractivity contribution < 1.29 is 9.13 Å². The molecule has 0 spiro atoms. The van der Waals surface area contributed by atoms with E-state index in [-0.39, 0.29) is 17.6 Å². The van der Waals surface area contributed by atoms with Gasteiger partial charge in [-0.25, -0.2) is 4.39 Å². The minimum atomic E-state index is -0.361. The standard InChI is InChI=1S/C12H14FN3OS/c1-7(14-12-16-15-8(2)18-12)9-4-5-10(13)11(6-9)17-3/h4-7H,1-3H3,(H,14,16). The Morgan fingerprint density at radius 1 is 1.39 bits per heavy atom. The third kappa shape index (κ3) is 2.76. The lowest BCUT2D eigenvalue weighted by molar-refractivity contribution is 0.385. The van der Waals surface area contributed by atoms with Crippen LogP contribution in [0, 0.1) is 12.7 Å². The summed E-state index contributed by atoms with van der Waals surface area (Å²) in [7, 11) is 1.45. The molecular weight excluding hydrogens is 253 g/mol. The average Bonchev–Trinajstić information content (AvgIpc) is 2.75. The number of halogens is 1. The van der Waals surface area contributed by atoms with E-state index in [4.69, 9.17) is 4.74 Å². The van der Waals surface area contributed by atoms with E-state index in [1.54, 1.807) is 12.1 Å². The van der Waals surface area contributed by atoms with Crippen molar-refractivity contribution in [2.24, 2.45) is 0 Å². The van der Waals surface area contributed by atoms with E-state index >= 15 is 0 Å². The maximum absolute atomic E-state index is 13.3. The number of aryl methyl sites for hydroxylation is 1. The highest BCUT2D eigenvalue weighted by Gasteiger charge is 2.11. The van der Waals surface area contributed by atoms with Crippen molar-refractivity contribution >= 4 is 16.5 Å². The quantitative estimate of drug-likeness (QED) is 0.924. The van der Waals surface area contributed by atoms with Gasteiger partial charge in [0, 0.05) is 0 Å². The number of anilines is 1. The molecule has 1 N–H and O–H groups in total. The molecule has 0 aliphatic rings. The van der Waals surface area contributed by atoms with E-state index < -0.39 is 0 Å². The molecule has 1 aromatic carbocycles. The Labute approximate surface area is 109 Å². The zero-order valence-corrected chi connectivity index (χ0v) is 11.2. The summed E-state index contributed by atoms with van der Waals surface area (Å²) in [6.07, 6.45) is 0. The third-order valence-electron chi connectivity index (χ3n) is 2.54. The van der Waals surface area contributed by atoms with Crippen LogP contribution in [0.2, 0.25) is 0 Å². The third-order valence-corrected chi connectivity index (χ3v) is 3.31. The molecule has 0 fully saturated rings. The molecular formula is C12H14FN3OS. The van der Waals surface area contributed by atoms with E-state index in [2.05, 4.69) is 15.5 Å². The molecule has 0 radical (unpaired) electrons. The van der Waals surface area contributed by atoms with Crippen molar-refractivity contribution in [3.8, 4) is 5.75 Å². The second kappa shape index (κ2) is 5.30. The van der Waals surface area contributed by atoms with Gasteiger partial charge < -0.3 is 10.1 Å². The SMILES string of the molecule is COc1cc(C(C)Nc2nnc(C)s2)ccc1F. The van der Waals surface area contributed by atoms with E-state index in [0.29, 0.717) is 0 Å². The molecule has 18 heavy (non-hydrogen) atoms. The van der Waals surface area contributed by atoms with Gasteiger partial charge in [-0.05, 0) is 31.5 Å². The molecule has 2 aromatic rings. The monoisotopic (exact) mass is 267 g/mol. The van der Waals surface area contributed by atoms with E-state index in [1.807, 2.05) is 13.8 Å². The van der Waals surface area contributed by atoms with Crippen LogP contribution in [0.15, 0.2) is 18.2 Å². The van der Waals surface area contributed by atoms with Crippen molar-refractivity contribution in [1.82, 2.24) is 10.2 Å². The highest BCUT2D eigenvalue weighted by molar-refractivity contribution is 7.15. The number of methoxy groups -OCH3 is 1. The fraction of sp³-hybridized carbons (Fsp3) is 0.333. The van der Waals surface area contributed by atoms with Gasteiger partial charge in [0.2, 0.25) is 5.13 Å². The summed E-state index contributed by atoms with van der Waals surface area (Å²) >= 11 is 1.49. The van der Waals surface area contributed by atoms with Gasteiger partial charge in [-0.2, -0.15) is 0 Å². The molecule has 1 unspecified atom stereocenters. The predicted octanol–water partition coefficient (Wildman–Crippen LogP) is 3.17. The minimum Gasteiger partial charge on any atom is -0.494 e. The van der Waals surface area contributed by atoms with Gasteiger partial charge in [0.05, 0.1) is 13.2 Å². The molecule has 2 rings (SSSR count). The summed E-state index contributed by atoms with van der Waals surface area (Å²) in [5.74, 6) is -0.116. The van der Waals surface area contributed by atoms with Gasteiger partial charge in [-0.1, -0.05) is 17.4 Å². The molecule has 6 heteroatoms. The van der Waals surface area contributed by atoms with Crippen LogP contribution < -0.4 is 10.1 Å². The van der Waals surface area contributed by atoms with Crippen molar-refractivity contribution in [3.05, 3.63) is 34.6 Å². The Balaban J connectivity index is 2.15. The topological polar surface area (TPSA) is 47.0 Å². The van der Waals surface area contributed by atoms with Gasteiger partial charge >= 0.3 is 0 Å². The van der Waals surface area contributed by atoms with Crippen molar-refractivity contribution in [3.63, 3.8) is 0 Å². The molecule has 1 aromatic heterocycles. The van der Waals surface area contributed by atoms with E-state index in [9.17, 15) is 4.39 Å². The Kier molecular flexibility index (Phi) is 3.76. The first-order valence-corrected chi connectivity index (χ1v) is 6.32. The van der Waals surface area contributed by atoms with Gasteiger partial charge in [0.25, 0.3) is 0 Å². The number of hydrogen-bond acceptors (Lipinski definition) is 5. The van der Waals surface area contributed by atoms with Gasteiger partial charge in [0.1, 0.15) is 5.01 Å². The molecule has 1 atom stereocenters. The van der Waals surface area contributed by atoms with Crippen LogP contribution in [-0.2, 0) is 0 Å². The van der Waals surface area contributed by atoms with Gasteiger partial charge in [-0.15, -0.1) is 10.2 Å². The maximum Gasteiger partial charge on any atom is 0.206 e. The number of ether oxygens (including phenoxy) is 1. The molecule has 1 heterocycles. The normalized spacial score (nSPS) is 12.2. The average molecular weight is 267 g/mol. The number of hydrogen-bond donors (Lipinski definition) is 1. The maximum atomic E-state index is 13.3. The second-order valence-electron chi connectivity index (χ2n) is 3.89. The van der Waals surface area contributed by atoms with Gasteiger partial charge in [-0.3, -0.25) is 0 Å². The van der Waals surface area contributed by atoms with Crippen molar-refractivity contribution in [2.45, 2.75) is 19.9 Å². The number of nitrogens with one attached hydrogen (secondary N) is 1. The van der Waals surface area contributed by atoms with Crippen LogP contribution in [0.25, 0.3) is 0 Å². The molecule has 0 aliphatic heterocycles. The fourth-order valence-corrected chi connectivity index (χ4v) is 2.25. The first-order valence-electron chi connectivity index (χ1n) is 5.50. The molecule has 0 saturated carbocycles. The predicted molar refractivity (Wildman–Crippen MR) is 69.6 cm³/mol. The molecule has 4 nitrogen and oxygen atoms in total. The first-order chi connectivity index (χ1) is 8.60. The van der Waals surface area contributed by atoms with E-state index in [0.717, 1.165) is 15.7 Å². The second-order valence-corrected chi connectivity index (χ2v) is 5.07. The Hall–Kier alpha value is -1.69. The van der Waals surface area contributed by atoms with Crippen LogP contribution in [0.4, 0.5) is 9.52 Å². The van der Waals surface area contributed by atoms with Crippen molar-refractivity contribution in [1.29, 1.82) is 0 Å². The molecule has 0 saturated heterocycles. The lowest BCUT2D eigenvalue weighted by Crippen LogP contribution is -2.07. The highest BCUT2D eigenvalue weighted by Crippen LogP contribution is 2.26. The summed E-state index contributed by atoms with van der Waals surface area (Å²) in [5.41, 5.74) is 0.932. The Bertz CT molecular complexity index is 544. The highest BCUT2D eigenvalue weighted by atomic mass is 32.1. The number of aromatic nitrogens is 2. The van der Waals surface area contributed by atoms with Crippen LogP contribution in [-0.4, -0.2) is 17.3 Å². The van der Waals surface area contributed by atoms with Crippen LogP contribution >= 0.6 is 11.3 Å². The lowest BCUT2D eigenvalue weighted by atomic mass is 10.1. The summed E-state index contributed by atoms with van der Waals surface area (Å²) in [4.78, 5) is 0. The fourth-order valence-electron chi connectivity index (χ4n) is 1.57. The zero-order chi connectivity index (χ0) is 13.1. The Morgan fingerprint density at radius 3 is 2.78 bits per heavy atom. The van der Waals surface area contributed by atoms with Crippen LogP contribution in [0.3, 0.4) is 0 Å². The Morgan fingerprint density at radius 2 is 2.17 bits per heavy atom. The molecule has 0 amide bonds. The van der Waals surface area contributed by atoms with E-state index in [1.165, 1.54) is 24.5 Å². The summed E-state index contributed by atoms with van der Waals surface area (Å²) in [6, 6.07) is 4.81. The summed E-state index contributed by atoms with van der Waals surface area (Å²) in [6.45, 7) is 3.87. The molecule has 0 aliphatic carbocycles. The number of nitrogens with zero attached hydrogens (tertiary/aromatic N) is 2. The number of benzene rings is 1. The summed E-state index contributed by atoms with van der Waals surface area (Å²) in [5, 5.41) is 12.8. The van der Waals surface area contributed by atoms with Crippen LogP contribution in [0.5, 0.6) is 5.75 Å². The van der Waals surface area contributed by atoms with Crippen molar-refractivity contribution in [2.75, 3.05) is 12.4 Å².